The number of nitrogens with zero attached hydrogens (tertiary/aromatic N) is 2. The molecule has 1 heterocycles. The molecule has 1 aromatic carbocycles. The number of carbonyl (C=O) groups excluding carboxylic acids is 2. The van der Waals surface area contributed by atoms with Gasteiger partial charge in [-0.05, 0) is 12.1 Å². The first kappa shape index (κ1) is 17.7. The maximum Gasteiger partial charge on any atom is 0.329 e. The number of hydrogen-bond acceptors (Lipinski definition) is 7. The minimum Gasteiger partial charge on any atom is -0.493 e. The van der Waals surface area contributed by atoms with Crippen LogP contribution in [0, 0.1) is 10.1 Å². The summed E-state index contributed by atoms with van der Waals surface area (Å²) < 4.78 is 10.1. The van der Waals surface area contributed by atoms with Gasteiger partial charge in [0.25, 0.3) is 11.6 Å². The van der Waals surface area contributed by atoms with Crippen LogP contribution >= 0.6 is 0 Å². The maximum absolute atomic E-state index is 12.1. The molecule has 11 heteroatoms. The van der Waals surface area contributed by atoms with Crippen molar-refractivity contribution in [1.29, 1.82) is 0 Å². The van der Waals surface area contributed by atoms with E-state index in [4.69, 9.17) is 14.6 Å². The van der Waals surface area contributed by atoms with E-state index in [1.54, 1.807) is 0 Å². The number of rotatable bonds is 6. The molecule has 0 bridgehead atoms. The Balaban J connectivity index is 2.50. The summed E-state index contributed by atoms with van der Waals surface area (Å²) in [5, 5.41) is 22.1. The highest BCUT2D eigenvalue weighted by Crippen LogP contribution is 2.35. The molecular formula is C14H13N3O8. The second-order valence-corrected chi connectivity index (χ2v) is 4.80. The van der Waals surface area contributed by atoms with E-state index in [9.17, 15) is 24.5 Å². The predicted molar refractivity (Wildman–Crippen MR) is 82.1 cm³/mol. The third-order valence-corrected chi connectivity index (χ3v) is 3.29. The molecule has 1 aromatic rings. The van der Waals surface area contributed by atoms with Gasteiger partial charge in [-0.2, -0.15) is 0 Å². The van der Waals surface area contributed by atoms with Gasteiger partial charge in [-0.1, -0.05) is 0 Å². The number of carboxylic acids is 1. The predicted octanol–water partition coefficient (Wildman–Crippen LogP) is 0.589. The summed E-state index contributed by atoms with van der Waals surface area (Å²) in [6.07, 6.45) is 1.07. The van der Waals surface area contributed by atoms with Crippen molar-refractivity contribution < 1.29 is 33.9 Å². The van der Waals surface area contributed by atoms with Gasteiger partial charge >= 0.3 is 12.0 Å². The number of hydrogen-bond donors (Lipinski definition) is 2. The van der Waals surface area contributed by atoms with Crippen molar-refractivity contribution in [3.05, 3.63) is 33.5 Å². The molecule has 2 rings (SSSR count). The number of nitrogens with one attached hydrogen (secondary N) is 1. The number of carbonyl (C=O) groups is 3. The summed E-state index contributed by atoms with van der Waals surface area (Å²) in [5.74, 6) is -1.98. The van der Waals surface area contributed by atoms with Crippen LogP contribution in [0.5, 0.6) is 11.5 Å². The maximum atomic E-state index is 12.1. The molecule has 11 nitrogen and oxygen atoms in total. The third-order valence-electron chi connectivity index (χ3n) is 3.29. The standard InChI is InChI=1S/C14H13N3O8/c1-24-10-4-7(9(17(22)23)5-11(10)25-2)3-8-13(20)16(6-12(18)19)14(21)15-8/h3-5H,6H2,1-2H3,(H,15,21)(H,18,19)/b8-3+. The van der Waals surface area contributed by atoms with E-state index in [1.807, 2.05) is 0 Å². The average molecular weight is 351 g/mol. The summed E-state index contributed by atoms with van der Waals surface area (Å²) in [6.45, 7) is -0.823. The van der Waals surface area contributed by atoms with E-state index in [1.165, 1.54) is 20.3 Å². The molecule has 132 valence electrons. The molecule has 0 spiro atoms. The van der Waals surface area contributed by atoms with Gasteiger partial charge in [-0.3, -0.25) is 19.7 Å². The van der Waals surface area contributed by atoms with Crippen LogP contribution < -0.4 is 14.8 Å². The number of imide groups is 1. The molecule has 3 amide bonds. The van der Waals surface area contributed by atoms with Gasteiger partial charge in [0.05, 0.1) is 30.8 Å². The largest absolute Gasteiger partial charge is 0.493 e. The fourth-order valence-corrected chi connectivity index (χ4v) is 2.16. The highest BCUT2D eigenvalue weighted by atomic mass is 16.6. The number of urea groups is 1. The van der Waals surface area contributed by atoms with Crippen LogP contribution in [0.4, 0.5) is 10.5 Å². The molecule has 1 aliphatic rings. The van der Waals surface area contributed by atoms with Crippen LogP contribution in [-0.4, -0.2) is 53.6 Å². The SMILES string of the molecule is COc1cc(/C=C2/NC(=O)N(CC(=O)O)C2=O)c([N+](=O)[O-])cc1OC. The number of benzene rings is 1. The fourth-order valence-electron chi connectivity index (χ4n) is 2.16. The van der Waals surface area contributed by atoms with Crippen molar-refractivity contribution in [1.82, 2.24) is 10.2 Å². The molecule has 2 N–H and O–H groups in total. The Morgan fingerprint density at radius 2 is 1.92 bits per heavy atom. The summed E-state index contributed by atoms with van der Waals surface area (Å²) in [5.41, 5.74) is -0.700. The number of amides is 3. The normalized spacial score (nSPS) is 15.3. The van der Waals surface area contributed by atoms with Gasteiger partial charge in [0.1, 0.15) is 12.2 Å². The van der Waals surface area contributed by atoms with Crippen molar-refractivity contribution in [3.63, 3.8) is 0 Å². The van der Waals surface area contributed by atoms with Crippen LogP contribution in [0.25, 0.3) is 6.08 Å². The molecule has 0 unspecified atom stereocenters. The lowest BCUT2D eigenvalue weighted by Gasteiger charge is -2.09. The van der Waals surface area contributed by atoms with Crippen LogP contribution in [0.3, 0.4) is 0 Å². The average Bonchev–Trinajstić information content (AvgIpc) is 2.81. The second-order valence-electron chi connectivity index (χ2n) is 4.80. The van der Waals surface area contributed by atoms with E-state index in [0.717, 1.165) is 12.1 Å². The molecular weight excluding hydrogens is 338 g/mol. The number of nitro groups is 1. The van der Waals surface area contributed by atoms with Gasteiger partial charge in [0.15, 0.2) is 11.5 Å². The van der Waals surface area contributed by atoms with Crippen molar-refractivity contribution in [2.75, 3.05) is 20.8 Å². The fraction of sp³-hybridized carbons (Fsp3) is 0.214. The zero-order chi connectivity index (χ0) is 18.7. The molecule has 0 saturated carbocycles. The summed E-state index contributed by atoms with van der Waals surface area (Å²) in [6, 6.07) is 1.45. The van der Waals surface area contributed by atoms with E-state index in [0.29, 0.717) is 4.90 Å². The Morgan fingerprint density at radius 1 is 1.32 bits per heavy atom. The molecule has 1 aliphatic heterocycles. The summed E-state index contributed by atoms with van der Waals surface area (Å²) in [4.78, 5) is 45.5. The first-order valence-corrected chi connectivity index (χ1v) is 6.75. The lowest BCUT2D eigenvalue weighted by atomic mass is 10.1. The summed E-state index contributed by atoms with van der Waals surface area (Å²) in [7, 11) is 2.64. The Hall–Kier alpha value is -3.63. The smallest absolute Gasteiger partial charge is 0.329 e. The molecule has 0 aliphatic carbocycles. The Kier molecular flexibility index (Phi) is 4.86. The van der Waals surface area contributed by atoms with Gasteiger partial charge in [-0.25, -0.2) is 9.69 Å². The topological polar surface area (TPSA) is 148 Å². The highest BCUT2D eigenvalue weighted by molar-refractivity contribution is 6.15. The van der Waals surface area contributed by atoms with Crippen molar-refractivity contribution in [2.24, 2.45) is 0 Å². The number of aliphatic carboxylic acids is 1. The lowest BCUT2D eigenvalue weighted by molar-refractivity contribution is -0.385. The van der Waals surface area contributed by atoms with Gasteiger partial charge in [0.2, 0.25) is 0 Å². The van der Waals surface area contributed by atoms with Crippen molar-refractivity contribution in [3.8, 4) is 11.5 Å². The van der Waals surface area contributed by atoms with Crippen molar-refractivity contribution >= 4 is 29.7 Å². The van der Waals surface area contributed by atoms with E-state index in [2.05, 4.69) is 5.32 Å². The molecule has 1 saturated heterocycles. The van der Waals surface area contributed by atoms with Crippen LogP contribution in [-0.2, 0) is 9.59 Å². The number of nitro benzene ring substituents is 1. The highest BCUT2D eigenvalue weighted by Gasteiger charge is 2.35. The monoisotopic (exact) mass is 351 g/mol. The first-order chi connectivity index (χ1) is 11.8. The van der Waals surface area contributed by atoms with E-state index in [-0.39, 0.29) is 28.4 Å². The van der Waals surface area contributed by atoms with Gasteiger partial charge in [0, 0.05) is 0 Å². The molecule has 1 fully saturated rings. The number of ether oxygens (including phenoxy) is 2. The lowest BCUT2D eigenvalue weighted by Crippen LogP contribution is -2.35. The van der Waals surface area contributed by atoms with Crippen LogP contribution in [0.15, 0.2) is 17.8 Å². The van der Waals surface area contributed by atoms with Crippen molar-refractivity contribution in [2.45, 2.75) is 0 Å². The van der Waals surface area contributed by atoms with Gasteiger partial charge < -0.3 is 19.9 Å². The zero-order valence-corrected chi connectivity index (χ0v) is 13.1. The first-order valence-electron chi connectivity index (χ1n) is 6.75. The van der Waals surface area contributed by atoms with Crippen LogP contribution in [0.2, 0.25) is 0 Å². The minimum atomic E-state index is -1.37. The Labute approximate surface area is 140 Å². The second kappa shape index (κ2) is 6.86. The third kappa shape index (κ3) is 3.49. The van der Waals surface area contributed by atoms with Crippen LogP contribution in [0.1, 0.15) is 5.56 Å². The minimum absolute atomic E-state index is 0.0246. The number of methoxy groups -OCH3 is 2. The quantitative estimate of drug-likeness (QED) is 0.327. The zero-order valence-electron chi connectivity index (χ0n) is 13.1. The summed E-state index contributed by atoms with van der Waals surface area (Å²) >= 11 is 0. The van der Waals surface area contributed by atoms with Gasteiger partial charge in [-0.15, -0.1) is 0 Å². The van der Waals surface area contributed by atoms with E-state index >= 15 is 0 Å². The molecule has 0 radical (unpaired) electrons. The van der Waals surface area contributed by atoms with E-state index < -0.39 is 29.4 Å². The molecule has 0 aromatic heterocycles. The molecule has 25 heavy (non-hydrogen) atoms. The number of carboxylic acid groups (broad SMARTS) is 1. The Morgan fingerprint density at radius 3 is 2.44 bits per heavy atom. The Bertz CT molecular complexity index is 802. The molecule has 0 atom stereocenters.